The summed E-state index contributed by atoms with van der Waals surface area (Å²) in [4.78, 5) is 17.5. The molecule has 108 valence electrons. The maximum Gasteiger partial charge on any atom is 0.295 e. The van der Waals surface area contributed by atoms with E-state index in [0.717, 1.165) is 35.0 Å². The zero-order chi connectivity index (χ0) is 14.7. The third-order valence-corrected chi connectivity index (χ3v) is 4.23. The number of nitrogens with zero attached hydrogens (tertiary/aromatic N) is 2. The van der Waals surface area contributed by atoms with Crippen molar-refractivity contribution in [3.8, 4) is 0 Å². The molecule has 0 bridgehead atoms. The number of nitrogens with one attached hydrogen (secondary N) is 2. The molecule has 0 aliphatic heterocycles. The van der Waals surface area contributed by atoms with Crippen LogP contribution < -0.4 is 5.32 Å². The number of aromatic amines is 1. The van der Waals surface area contributed by atoms with Crippen LogP contribution in [0.3, 0.4) is 0 Å². The molecule has 1 aliphatic rings. The molecule has 0 spiro atoms. The van der Waals surface area contributed by atoms with E-state index in [1.807, 2.05) is 30.3 Å². The summed E-state index contributed by atoms with van der Waals surface area (Å²) < 4.78 is 0. The van der Waals surface area contributed by atoms with E-state index in [0.29, 0.717) is 5.92 Å². The standard InChI is InChI=1S/C15H16N4OS/c1-2-9-21-12-6-4-3-5-11(12)16-15(20)14-17-13(18-19-14)10-7-8-10/h2-6,10H,1,7-9H2,(H,16,20)(H,17,18,19). The van der Waals surface area contributed by atoms with Crippen LogP contribution in [-0.4, -0.2) is 26.8 Å². The minimum absolute atomic E-state index is 0.195. The summed E-state index contributed by atoms with van der Waals surface area (Å²) in [5, 5.41) is 9.71. The fourth-order valence-corrected chi connectivity index (χ4v) is 2.68. The highest BCUT2D eigenvalue weighted by atomic mass is 32.2. The second-order valence-electron chi connectivity index (χ2n) is 4.87. The second-order valence-corrected chi connectivity index (χ2v) is 5.93. The fraction of sp³-hybridized carbons (Fsp3) is 0.267. The Morgan fingerprint density at radius 3 is 3.05 bits per heavy atom. The van der Waals surface area contributed by atoms with Crippen LogP contribution in [0.4, 0.5) is 5.69 Å². The molecule has 0 radical (unpaired) electrons. The first-order valence-corrected chi connectivity index (χ1v) is 7.83. The summed E-state index contributed by atoms with van der Waals surface area (Å²) in [5.41, 5.74) is 0.770. The molecule has 3 rings (SSSR count). The van der Waals surface area contributed by atoms with Gasteiger partial charge in [-0.1, -0.05) is 18.2 Å². The molecule has 1 saturated carbocycles. The third-order valence-electron chi connectivity index (χ3n) is 3.16. The van der Waals surface area contributed by atoms with E-state index in [1.54, 1.807) is 11.8 Å². The second kappa shape index (κ2) is 6.13. The van der Waals surface area contributed by atoms with Gasteiger partial charge in [-0.15, -0.1) is 23.4 Å². The number of H-pyrrole nitrogens is 1. The van der Waals surface area contributed by atoms with Gasteiger partial charge in [0.2, 0.25) is 5.82 Å². The fourth-order valence-electron chi connectivity index (χ4n) is 1.94. The molecule has 1 aromatic carbocycles. The van der Waals surface area contributed by atoms with Crippen LogP contribution in [0.25, 0.3) is 0 Å². The molecule has 0 unspecified atom stereocenters. The Labute approximate surface area is 127 Å². The van der Waals surface area contributed by atoms with Crippen LogP contribution in [0.5, 0.6) is 0 Å². The van der Waals surface area contributed by atoms with Gasteiger partial charge in [-0.05, 0) is 25.0 Å². The zero-order valence-electron chi connectivity index (χ0n) is 11.5. The number of aromatic nitrogens is 3. The van der Waals surface area contributed by atoms with E-state index in [9.17, 15) is 4.79 Å². The van der Waals surface area contributed by atoms with Gasteiger partial charge in [-0.2, -0.15) is 0 Å². The Kier molecular flexibility index (Phi) is 4.06. The summed E-state index contributed by atoms with van der Waals surface area (Å²) >= 11 is 1.62. The number of para-hydroxylation sites is 1. The van der Waals surface area contributed by atoms with Gasteiger partial charge in [0.1, 0.15) is 5.82 Å². The maximum absolute atomic E-state index is 12.2. The minimum Gasteiger partial charge on any atom is -0.318 e. The Bertz CT molecular complexity index is 663. The summed E-state index contributed by atoms with van der Waals surface area (Å²) in [6.07, 6.45) is 4.08. The molecule has 1 aliphatic carbocycles. The van der Waals surface area contributed by atoms with E-state index in [1.165, 1.54) is 0 Å². The van der Waals surface area contributed by atoms with Crippen molar-refractivity contribution in [2.45, 2.75) is 23.7 Å². The average Bonchev–Trinajstić information content (AvgIpc) is 3.23. The molecule has 5 nitrogen and oxygen atoms in total. The van der Waals surface area contributed by atoms with Crippen molar-refractivity contribution < 1.29 is 4.79 Å². The number of amides is 1. The van der Waals surface area contributed by atoms with Gasteiger partial charge >= 0.3 is 0 Å². The molecule has 1 fully saturated rings. The van der Waals surface area contributed by atoms with Gasteiger partial charge in [0, 0.05) is 16.6 Å². The number of hydrogen-bond acceptors (Lipinski definition) is 4. The summed E-state index contributed by atoms with van der Waals surface area (Å²) in [6, 6.07) is 7.68. The summed E-state index contributed by atoms with van der Waals surface area (Å²) in [7, 11) is 0. The topological polar surface area (TPSA) is 70.7 Å². The highest BCUT2D eigenvalue weighted by Crippen LogP contribution is 2.37. The van der Waals surface area contributed by atoms with E-state index in [2.05, 4.69) is 27.1 Å². The number of anilines is 1. The number of thioether (sulfide) groups is 1. The largest absolute Gasteiger partial charge is 0.318 e. The first kappa shape index (κ1) is 13.9. The lowest BCUT2D eigenvalue weighted by atomic mass is 10.3. The molecule has 2 aromatic rings. The van der Waals surface area contributed by atoms with Gasteiger partial charge < -0.3 is 5.32 Å². The summed E-state index contributed by atoms with van der Waals surface area (Å²) in [6.45, 7) is 3.71. The highest BCUT2D eigenvalue weighted by molar-refractivity contribution is 7.99. The lowest BCUT2D eigenvalue weighted by Crippen LogP contribution is -2.14. The SMILES string of the molecule is C=CCSc1ccccc1NC(=O)c1n[nH]c(C2CC2)n1. The molecule has 0 saturated heterocycles. The van der Waals surface area contributed by atoms with E-state index in [4.69, 9.17) is 0 Å². The number of carbonyl (C=O) groups is 1. The number of rotatable bonds is 6. The van der Waals surface area contributed by atoms with Crippen molar-refractivity contribution in [1.29, 1.82) is 0 Å². The van der Waals surface area contributed by atoms with Crippen molar-refractivity contribution in [3.63, 3.8) is 0 Å². The van der Waals surface area contributed by atoms with Crippen LogP contribution in [0.2, 0.25) is 0 Å². The van der Waals surface area contributed by atoms with Crippen molar-refractivity contribution in [1.82, 2.24) is 15.2 Å². The van der Waals surface area contributed by atoms with Crippen LogP contribution in [0.15, 0.2) is 41.8 Å². The quantitative estimate of drug-likeness (QED) is 0.635. The molecular formula is C15H16N4OS. The summed E-state index contributed by atoms with van der Waals surface area (Å²) in [5.74, 6) is 1.97. The molecule has 6 heteroatoms. The van der Waals surface area contributed by atoms with E-state index >= 15 is 0 Å². The van der Waals surface area contributed by atoms with Crippen LogP contribution in [0.1, 0.15) is 35.2 Å². The van der Waals surface area contributed by atoms with E-state index < -0.39 is 0 Å². The predicted octanol–water partition coefficient (Wildman–Crippen LogP) is 3.21. The number of hydrogen-bond donors (Lipinski definition) is 2. The molecule has 0 atom stereocenters. The number of benzene rings is 1. The molecular weight excluding hydrogens is 284 g/mol. The molecule has 21 heavy (non-hydrogen) atoms. The lowest BCUT2D eigenvalue weighted by Gasteiger charge is -2.08. The monoisotopic (exact) mass is 300 g/mol. The first-order chi connectivity index (χ1) is 10.3. The van der Waals surface area contributed by atoms with Crippen molar-refractivity contribution >= 4 is 23.4 Å². The van der Waals surface area contributed by atoms with Gasteiger partial charge in [-0.25, -0.2) is 4.98 Å². The predicted molar refractivity (Wildman–Crippen MR) is 83.7 cm³/mol. The van der Waals surface area contributed by atoms with Crippen molar-refractivity contribution in [2.24, 2.45) is 0 Å². The molecule has 1 amide bonds. The smallest absolute Gasteiger partial charge is 0.295 e. The Morgan fingerprint density at radius 1 is 1.48 bits per heavy atom. The van der Waals surface area contributed by atoms with Gasteiger partial charge in [0.15, 0.2) is 0 Å². The Morgan fingerprint density at radius 2 is 2.29 bits per heavy atom. The van der Waals surface area contributed by atoms with Crippen molar-refractivity contribution in [2.75, 3.05) is 11.1 Å². The minimum atomic E-state index is -0.287. The van der Waals surface area contributed by atoms with Gasteiger partial charge in [0.05, 0.1) is 5.69 Å². The van der Waals surface area contributed by atoms with Crippen molar-refractivity contribution in [3.05, 3.63) is 48.6 Å². The average molecular weight is 300 g/mol. The molecule has 1 aromatic heterocycles. The van der Waals surface area contributed by atoms with Crippen LogP contribution in [-0.2, 0) is 0 Å². The maximum atomic E-state index is 12.2. The Hall–Kier alpha value is -2.08. The van der Waals surface area contributed by atoms with Crippen LogP contribution in [0, 0.1) is 0 Å². The van der Waals surface area contributed by atoms with E-state index in [-0.39, 0.29) is 11.7 Å². The first-order valence-electron chi connectivity index (χ1n) is 6.84. The highest BCUT2D eigenvalue weighted by Gasteiger charge is 2.28. The lowest BCUT2D eigenvalue weighted by molar-refractivity contribution is 0.101. The third kappa shape index (κ3) is 3.33. The van der Waals surface area contributed by atoms with Gasteiger partial charge in [0.25, 0.3) is 5.91 Å². The molecule has 1 heterocycles. The van der Waals surface area contributed by atoms with Crippen LogP contribution >= 0.6 is 11.8 Å². The molecule has 2 N–H and O–H groups in total. The Balaban J connectivity index is 1.72. The zero-order valence-corrected chi connectivity index (χ0v) is 12.3. The van der Waals surface area contributed by atoms with Gasteiger partial charge in [-0.3, -0.25) is 9.89 Å². The number of carbonyl (C=O) groups excluding carboxylic acids is 1. The normalized spacial score (nSPS) is 13.9.